The lowest BCUT2D eigenvalue weighted by atomic mass is 9.73. The summed E-state index contributed by atoms with van der Waals surface area (Å²) in [6.07, 6.45) is 4.23. The molecule has 2 aliphatic rings. The minimum absolute atomic E-state index is 0.0100. The minimum Gasteiger partial charge on any atom is -0.379 e. The van der Waals surface area contributed by atoms with Crippen molar-refractivity contribution >= 4 is 0 Å². The summed E-state index contributed by atoms with van der Waals surface area (Å²) in [4.78, 5) is 3.27. The number of aromatic amines is 1. The molecule has 1 saturated heterocycles. The van der Waals surface area contributed by atoms with E-state index in [1.807, 2.05) is 12.3 Å². The molecule has 13 heavy (non-hydrogen) atoms. The molecule has 3 N–H and O–H groups in total. The van der Waals surface area contributed by atoms with E-state index in [0.29, 0.717) is 0 Å². The van der Waals surface area contributed by atoms with Crippen molar-refractivity contribution in [2.24, 2.45) is 5.73 Å². The molecule has 1 aliphatic heterocycles. The second kappa shape index (κ2) is 2.16. The summed E-state index contributed by atoms with van der Waals surface area (Å²) in [5.74, 6) is 0. The van der Waals surface area contributed by atoms with Crippen LogP contribution in [0, 0.1) is 0 Å². The highest BCUT2D eigenvalue weighted by Crippen LogP contribution is 2.52. The van der Waals surface area contributed by atoms with E-state index < -0.39 is 0 Å². The van der Waals surface area contributed by atoms with E-state index in [2.05, 4.69) is 11.1 Å². The first-order valence-corrected chi connectivity index (χ1v) is 4.77. The molecule has 0 bridgehead atoms. The van der Waals surface area contributed by atoms with Crippen molar-refractivity contribution in [3.8, 4) is 0 Å². The molecule has 3 rings (SSSR count). The van der Waals surface area contributed by atoms with Gasteiger partial charge in [0.05, 0.1) is 18.6 Å². The van der Waals surface area contributed by atoms with Gasteiger partial charge in [0.15, 0.2) is 0 Å². The number of nitrogens with two attached hydrogens (primary N) is 1. The first-order valence-electron chi connectivity index (χ1n) is 4.77. The van der Waals surface area contributed by atoms with E-state index in [9.17, 15) is 0 Å². The van der Waals surface area contributed by atoms with Gasteiger partial charge < -0.3 is 15.5 Å². The summed E-state index contributed by atoms with van der Waals surface area (Å²) in [5.41, 5.74) is 7.63. The third-order valence-corrected chi connectivity index (χ3v) is 3.55. The van der Waals surface area contributed by atoms with Crippen LogP contribution in [0.5, 0.6) is 0 Å². The molecule has 3 heteroatoms. The highest BCUT2D eigenvalue weighted by atomic mass is 16.5. The fourth-order valence-electron chi connectivity index (χ4n) is 2.26. The van der Waals surface area contributed by atoms with Crippen molar-refractivity contribution in [2.45, 2.75) is 23.8 Å². The smallest absolute Gasteiger partial charge is 0.0749 e. The van der Waals surface area contributed by atoms with Crippen molar-refractivity contribution < 1.29 is 4.74 Å². The summed E-state index contributed by atoms with van der Waals surface area (Å²) in [6.45, 7) is 1.56. The van der Waals surface area contributed by atoms with Crippen LogP contribution in [0.25, 0.3) is 0 Å². The Labute approximate surface area is 77.3 Å². The quantitative estimate of drug-likeness (QED) is 0.703. The molecule has 1 aromatic rings. The van der Waals surface area contributed by atoms with Crippen LogP contribution in [0.1, 0.15) is 18.5 Å². The lowest BCUT2D eigenvalue weighted by molar-refractivity contribution is -0.0805. The van der Waals surface area contributed by atoms with Gasteiger partial charge in [-0.15, -0.1) is 0 Å². The van der Waals surface area contributed by atoms with Crippen LogP contribution in [0.15, 0.2) is 18.3 Å². The number of hydrogen-bond acceptors (Lipinski definition) is 2. The average molecular weight is 178 g/mol. The van der Waals surface area contributed by atoms with Crippen LogP contribution >= 0.6 is 0 Å². The molecular formula is C10H14N2O. The molecule has 0 spiro atoms. The molecule has 0 radical (unpaired) electrons. The molecule has 1 aliphatic carbocycles. The Morgan fingerprint density at radius 2 is 2.15 bits per heavy atom. The Morgan fingerprint density at radius 3 is 2.54 bits per heavy atom. The van der Waals surface area contributed by atoms with Crippen molar-refractivity contribution in [3.63, 3.8) is 0 Å². The zero-order valence-electron chi connectivity index (χ0n) is 7.55. The third-order valence-electron chi connectivity index (χ3n) is 3.55. The predicted octanol–water partition coefficient (Wildman–Crippen LogP) is 0.774. The summed E-state index contributed by atoms with van der Waals surface area (Å²) < 4.78 is 5.33. The van der Waals surface area contributed by atoms with Gasteiger partial charge in [-0.05, 0) is 25.0 Å². The molecule has 1 saturated carbocycles. The molecule has 70 valence electrons. The lowest BCUT2D eigenvalue weighted by Crippen LogP contribution is -2.60. The van der Waals surface area contributed by atoms with Crippen LogP contribution in [-0.2, 0) is 10.2 Å². The van der Waals surface area contributed by atoms with Crippen LogP contribution in [0.3, 0.4) is 0 Å². The largest absolute Gasteiger partial charge is 0.379 e. The molecule has 0 unspecified atom stereocenters. The van der Waals surface area contributed by atoms with Gasteiger partial charge in [0, 0.05) is 17.4 Å². The van der Waals surface area contributed by atoms with E-state index in [1.165, 1.54) is 5.69 Å². The average Bonchev–Trinajstić information content (AvgIpc) is 2.61. The summed E-state index contributed by atoms with van der Waals surface area (Å²) in [7, 11) is 0. The molecular weight excluding hydrogens is 164 g/mol. The standard InChI is InChI=1S/C10H14N2O/c11-10(3-4-10)9(6-13-7-9)8-2-1-5-12-8/h1-2,5,12H,3-4,6-7,11H2. The first kappa shape index (κ1) is 7.59. The maximum absolute atomic E-state index is 6.28. The SMILES string of the molecule is NC1(C2(c3ccc[nH]3)COC2)CC1. The van der Waals surface area contributed by atoms with Crippen molar-refractivity contribution in [1.82, 2.24) is 4.98 Å². The highest BCUT2D eigenvalue weighted by molar-refractivity contribution is 5.33. The number of aromatic nitrogens is 1. The van der Waals surface area contributed by atoms with Gasteiger partial charge in [0.1, 0.15) is 0 Å². The fraction of sp³-hybridized carbons (Fsp3) is 0.600. The molecule has 2 fully saturated rings. The van der Waals surface area contributed by atoms with E-state index in [-0.39, 0.29) is 11.0 Å². The number of H-pyrrole nitrogens is 1. The van der Waals surface area contributed by atoms with E-state index in [1.54, 1.807) is 0 Å². The Bertz CT molecular complexity index is 310. The van der Waals surface area contributed by atoms with E-state index in [0.717, 1.165) is 26.1 Å². The van der Waals surface area contributed by atoms with Gasteiger partial charge in [-0.1, -0.05) is 0 Å². The number of rotatable bonds is 2. The molecule has 0 aromatic carbocycles. The first-order chi connectivity index (χ1) is 6.27. The van der Waals surface area contributed by atoms with Crippen LogP contribution < -0.4 is 5.73 Å². The maximum Gasteiger partial charge on any atom is 0.0749 e. The zero-order chi connectivity index (χ0) is 8.94. The molecule has 2 heterocycles. The summed E-state index contributed by atoms with van der Waals surface area (Å²) in [6, 6.07) is 4.15. The van der Waals surface area contributed by atoms with Crippen molar-refractivity contribution in [2.75, 3.05) is 13.2 Å². The van der Waals surface area contributed by atoms with Gasteiger partial charge in [-0.2, -0.15) is 0 Å². The molecule has 3 nitrogen and oxygen atoms in total. The molecule has 1 aromatic heterocycles. The predicted molar refractivity (Wildman–Crippen MR) is 49.4 cm³/mol. The van der Waals surface area contributed by atoms with Crippen LogP contribution in [-0.4, -0.2) is 23.7 Å². The second-order valence-corrected chi connectivity index (χ2v) is 4.31. The molecule has 0 atom stereocenters. The van der Waals surface area contributed by atoms with Crippen LogP contribution in [0.2, 0.25) is 0 Å². The second-order valence-electron chi connectivity index (χ2n) is 4.31. The Hall–Kier alpha value is -0.800. The van der Waals surface area contributed by atoms with E-state index in [4.69, 9.17) is 10.5 Å². The van der Waals surface area contributed by atoms with Gasteiger partial charge in [-0.25, -0.2) is 0 Å². The zero-order valence-corrected chi connectivity index (χ0v) is 7.55. The maximum atomic E-state index is 6.28. The Kier molecular flexibility index (Phi) is 1.26. The number of ether oxygens (including phenoxy) is 1. The van der Waals surface area contributed by atoms with Gasteiger partial charge in [0.25, 0.3) is 0 Å². The third kappa shape index (κ3) is 0.810. The summed E-state index contributed by atoms with van der Waals surface area (Å²) in [5, 5.41) is 0. The van der Waals surface area contributed by atoms with Crippen molar-refractivity contribution in [1.29, 1.82) is 0 Å². The Morgan fingerprint density at radius 1 is 1.38 bits per heavy atom. The van der Waals surface area contributed by atoms with Gasteiger partial charge >= 0.3 is 0 Å². The summed E-state index contributed by atoms with van der Waals surface area (Å²) >= 11 is 0. The monoisotopic (exact) mass is 178 g/mol. The van der Waals surface area contributed by atoms with Gasteiger partial charge in [-0.3, -0.25) is 0 Å². The number of nitrogens with one attached hydrogen (secondary N) is 1. The van der Waals surface area contributed by atoms with Crippen molar-refractivity contribution in [3.05, 3.63) is 24.0 Å². The Balaban J connectivity index is 2.01. The topological polar surface area (TPSA) is 51.0 Å². The number of hydrogen-bond donors (Lipinski definition) is 2. The molecule has 0 amide bonds. The fourth-order valence-corrected chi connectivity index (χ4v) is 2.26. The minimum atomic E-state index is 0.0100. The van der Waals surface area contributed by atoms with E-state index >= 15 is 0 Å². The lowest BCUT2D eigenvalue weighted by Gasteiger charge is -2.45. The highest BCUT2D eigenvalue weighted by Gasteiger charge is 2.62. The van der Waals surface area contributed by atoms with Crippen LogP contribution in [0.4, 0.5) is 0 Å². The normalized spacial score (nSPS) is 28.1. The van der Waals surface area contributed by atoms with Gasteiger partial charge in [0.2, 0.25) is 0 Å².